The van der Waals surface area contributed by atoms with Crippen molar-refractivity contribution in [1.29, 1.82) is 0 Å². The third kappa shape index (κ3) is 5.96. The van der Waals surface area contributed by atoms with Crippen LogP contribution in [0, 0.1) is 5.92 Å². The fourth-order valence-corrected chi connectivity index (χ4v) is 1.17. The number of hydrogen-bond acceptors (Lipinski definition) is 1. The molecule has 0 aromatic rings. The molecule has 0 radical (unpaired) electrons. The molecule has 12 heavy (non-hydrogen) atoms. The van der Waals surface area contributed by atoms with Crippen LogP contribution in [0.25, 0.3) is 0 Å². The third-order valence-corrected chi connectivity index (χ3v) is 1.76. The Hall–Kier alpha value is -0.790. The summed E-state index contributed by atoms with van der Waals surface area (Å²) in [6, 6.07) is 0. The van der Waals surface area contributed by atoms with Gasteiger partial charge in [0.15, 0.2) is 0 Å². The van der Waals surface area contributed by atoms with Gasteiger partial charge in [0.05, 0.1) is 0 Å². The molecule has 2 nitrogen and oxygen atoms in total. The average Bonchev–Trinajstić information content (AvgIpc) is 2.01. The van der Waals surface area contributed by atoms with Crippen LogP contribution in [0.2, 0.25) is 0 Å². The van der Waals surface area contributed by atoms with E-state index in [0.29, 0.717) is 18.9 Å². The quantitative estimate of drug-likeness (QED) is 0.606. The minimum absolute atomic E-state index is 0.135. The van der Waals surface area contributed by atoms with Crippen molar-refractivity contribution in [3.05, 3.63) is 12.7 Å². The van der Waals surface area contributed by atoms with Crippen LogP contribution in [0.1, 0.15) is 33.1 Å². The molecule has 1 amide bonds. The minimum atomic E-state index is 0.135. The zero-order valence-electron chi connectivity index (χ0n) is 8.10. The second kappa shape index (κ2) is 6.89. The minimum Gasteiger partial charge on any atom is -0.353 e. The first-order valence-corrected chi connectivity index (χ1v) is 4.58. The topological polar surface area (TPSA) is 29.1 Å². The molecule has 0 aromatic carbocycles. The summed E-state index contributed by atoms with van der Waals surface area (Å²) in [5.74, 6) is 0.635. The van der Waals surface area contributed by atoms with E-state index in [2.05, 4.69) is 25.7 Å². The van der Waals surface area contributed by atoms with Crippen molar-refractivity contribution in [3.8, 4) is 0 Å². The summed E-state index contributed by atoms with van der Waals surface area (Å²) in [5.41, 5.74) is 0. The monoisotopic (exact) mass is 169 g/mol. The Morgan fingerprint density at radius 2 is 2.33 bits per heavy atom. The van der Waals surface area contributed by atoms with Crippen LogP contribution in [-0.4, -0.2) is 12.5 Å². The predicted octanol–water partition coefficient (Wildman–Crippen LogP) is 2.11. The average molecular weight is 169 g/mol. The summed E-state index contributed by atoms with van der Waals surface area (Å²) >= 11 is 0. The highest BCUT2D eigenvalue weighted by Crippen LogP contribution is 2.08. The number of hydrogen-bond donors (Lipinski definition) is 1. The lowest BCUT2D eigenvalue weighted by Gasteiger charge is -2.08. The molecule has 70 valence electrons. The number of carbonyl (C=O) groups excluding carboxylic acids is 1. The molecule has 1 N–H and O–H groups in total. The first-order valence-electron chi connectivity index (χ1n) is 4.58. The van der Waals surface area contributed by atoms with Crippen molar-refractivity contribution < 1.29 is 4.79 Å². The highest BCUT2D eigenvalue weighted by molar-refractivity contribution is 5.76. The standard InChI is InChI=1S/C10H19NO/c1-4-6-9(3)8-10(12)11-7-5-2/h5,9H,2,4,6-8H2,1,3H3,(H,11,12). The van der Waals surface area contributed by atoms with Crippen molar-refractivity contribution in [2.24, 2.45) is 5.92 Å². The zero-order chi connectivity index (χ0) is 9.40. The number of rotatable bonds is 6. The van der Waals surface area contributed by atoms with E-state index >= 15 is 0 Å². The fraction of sp³-hybridized carbons (Fsp3) is 0.700. The lowest BCUT2D eigenvalue weighted by atomic mass is 10.0. The van der Waals surface area contributed by atoms with Crippen LogP contribution in [-0.2, 0) is 4.79 Å². The van der Waals surface area contributed by atoms with Crippen LogP contribution in [0.15, 0.2) is 12.7 Å². The first kappa shape index (κ1) is 11.2. The largest absolute Gasteiger partial charge is 0.353 e. The van der Waals surface area contributed by atoms with Crippen molar-refractivity contribution in [2.75, 3.05) is 6.54 Å². The molecule has 0 bridgehead atoms. The first-order chi connectivity index (χ1) is 5.70. The van der Waals surface area contributed by atoms with Gasteiger partial charge in [-0.05, 0) is 5.92 Å². The Bertz CT molecular complexity index is 143. The Labute approximate surface area is 75.0 Å². The van der Waals surface area contributed by atoms with Crippen molar-refractivity contribution in [3.63, 3.8) is 0 Å². The lowest BCUT2D eigenvalue weighted by molar-refractivity contribution is -0.121. The van der Waals surface area contributed by atoms with Crippen molar-refractivity contribution in [1.82, 2.24) is 5.32 Å². The van der Waals surface area contributed by atoms with Gasteiger partial charge in [0, 0.05) is 13.0 Å². The number of nitrogens with one attached hydrogen (secondary N) is 1. The number of amides is 1. The SMILES string of the molecule is C=CCNC(=O)CC(C)CCC. The molecule has 0 fully saturated rings. The van der Waals surface area contributed by atoms with E-state index < -0.39 is 0 Å². The summed E-state index contributed by atoms with van der Waals surface area (Å²) in [7, 11) is 0. The second-order valence-corrected chi connectivity index (χ2v) is 3.19. The molecule has 1 atom stereocenters. The summed E-state index contributed by atoms with van der Waals surface area (Å²) in [4.78, 5) is 11.1. The Morgan fingerprint density at radius 3 is 2.83 bits per heavy atom. The molecule has 0 heterocycles. The summed E-state index contributed by atoms with van der Waals surface area (Å²) in [5, 5.41) is 2.76. The molecule has 0 aromatic heterocycles. The summed E-state index contributed by atoms with van der Waals surface area (Å²) in [6.07, 6.45) is 4.61. The van der Waals surface area contributed by atoms with E-state index in [1.807, 2.05) is 0 Å². The van der Waals surface area contributed by atoms with Gasteiger partial charge in [-0.25, -0.2) is 0 Å². The molecular weight excluding hydrogens is 150 g/mol. The van der Waals surface area contributed by atoms with Crippen LogP contribution >= 0.6 is 0 Å². The molecule has 2 heteroatoms. The lowest BCUT2D eigenvalue weighted by Crippen LogP contribution is -2.24. The highest BCUT2D eigenvalue weighted by Gasteiger charge is 2.06. The molecule has 0 rings (SSSR count). The van der Waals surface area contributed by atoms with Gasteiger partial charge >= 0.3 is 0 Å². The van der Waals surface area contributed by atoms with Gasteiger partial charge < -0.3 is 5.32 Å². The van der Waals surface area contributed by atoms with Crippen molar-refractivity contribution in [2.45, 2.75) is 33.1 Å². The van der Waals surface area contributed by atoms with Crippen LogP contribution < -0.4 is 5.32 Å². The smallest absolute Gasteiger partial charge is 0.220 e. The zero-order valence-corrected chi connectivity index (χ0v) is 8.10. The molecule has 0 aliphatic heterocycles. The van der Waals surface area contributed by atoms with E-state index in [9.17, 15) is 4.79 Å². The molecule has 0 saturated heterocycles. The van der Waals surface area contributed by atoms with Gasteiger partial charge in [-0.2, -0.15) is 0 Å². The maximum Gasteiger partial charge on any atom is 0.220 e. The van der Waals surface area contributed by atoms with Gasteiger partial charge in [-0.3, -0.25) is 4.79 Å². The van der Waals surface area contributed by atoms with Crippen molar-refractivity contribution >= 4 is 5.91 Å². The highest BCUT2D eigenvalue weighted by atomic mass is 16.1. The Kier molecular flexibility index (Phi) is 6.44. The van der Waals surface area contributed by atoms with Gasteiger partial charge in [0.25, 0.3) is 0 Å². The maximum atomic E-state index is 11.1. The van der Waals surface area contributed by atoms with Gasteiger partial charge in [0.2, 0.25) is 5.91 Å². The molecule has 0 aliphatic carbocycles. The normalized spacial score (nSPS) is 12.2. The van der Waals surface area contributed by atoms with Crippen LogP contribution in [0.3, 0.4) is 0 Å². The number of carbonyl (C=O) groups is 1. The molecule has 0 aliphatic rings. The van der Waals surface area contributed by atoms with Crippen LogP contribution in [0.5, 0.6) is 0 Å². The third-order valence-electron chi connectivity index (χ3n) is 1.76. The van der Waals surface area contributed by atoms with Gasteiger partial charge in [-0.1, -0.05) is 32.8 Å². The summed E-state index contributed by atoms with van der Waals surface area (Å²) < 4.78 is 0. The Morgan fingerprint density at radius 1 is 1.67 bits per heavy atom. The predicted molar refractivity (Wildman–Crippen MR) is 51.9 cm³/mol. The van der Waals surface area contributed by atoms with E-state index in [1.165, 1.54) is 0 Å². The fourth-order valence-electron chi connectivity index (χ4n) is 1.17. The molecule has 1 unspecified atom stereocenters. The molecular formula is C10H19NO. The van der Waals surface area contributed by atoms with E-state index in [0.717, 1.165) is 12.8 Å². The maximum absolute atomic E-state index is 11.1. The second-order valence-electron chi connectivity index (χ2n) is 3.19. The molecule has 0 spiro atoms. The Balaban J connectivity index is 3.46. The van der Waals surface area contributed by atoms with E-state index in [1.54, 1.807) is 6.08 Å². The summed E-state index contributed by atoms with van der Waals surface area (Å²) in [6.45, 7) is 8.36. The van der Waals surface area contributed by atoms with Gasteiger partial charge in [-0.15, -0.1) is 6.58 Å². The van der Waals surface area contributed by atoms with E-state index in [4.69, 9.17) is 0 Å². The molecule has 0 saturated carbocycles. The van der Waals surface area contributed by atoms with E-state index in [-0.39, 0.29) is 5.91 Å². The van der Waals surface area contributed by atoms with Crippen LogP contribution in [0.4, 0.5) is 0 Å². The van der Waals surface area contributed by atoms with Gasteiger partial charge in [0.1, 0.15) is 0 Å².